The first-order valence-corrected chi connectivity index (χ1v) is 16.4. The van der Waals surface area contributed by atoms with E-state index in [1.807, 2.05) is 64.4 Å². The van der Waals surface area contributed by atoms with Gasteiger partial charge in [-0.3, -0.25) is 9.59 Å². The quantitative estimate of drug-likeness (QED) is 0.205. The van der Waals surface area contributed by atoms with Gasteiger partial charge in [0.2, 0.25) is 17.8 Å². The van der Waals surface area contributed by atoms with E-state index >= 15 is 0 Å². The minimum atomic E-state index is 0.102. The average molecular weight is 670 g/mol. The number of nitrogens with zero attached hydrogens (tertiary/aromatic N) is 6. The molecule has 250 valence electrons. The first-order valence-electron chi connectivity index (χ1n) is 16.0. The van der Waals surface area contributed by atoms with E-state index in [0.717, 1.165) is 54.6 Å². The molecule has 3 aromatic carbocycles. The van der Waals surface area contributed by atoms with Crippen LogP contribution in [0, 0.1) is 0 Å². The van der Waals surface area contributed by atoms with Crippen LogP contribution >= 0.6 is 11.6 Å². The highest BCUT2D eigenvalue weighted by molar-refractivity contribution is 6.33. The summed E-state index contributed by atoms with van der Waals surface area (Å²) in [5.74, 6) is 1.63. The number of halogens is 1. The minimum Gasteiger partial charge on any atom is -0.494 e. The van der Waals surface area contributed by atoms with E-state index in [1.165, 1.54) is 0 Å². The van der Waals surface area contributed by atoms with Crippen molar-refractivity contribution in [2.75, 3.05) is 85.2 Å². The Balaban J connectivity index is 1.21. The standard InChI is InChI=1S/C35H40ClN9O3/c1-24(46)42-13-17-44(18-14-42)27-9-11-30(32(21-27)38-26-7-5-4-6-8-26)39-34-29(36)23-37-35(41-34)40-31-12-10-28(22-33(31)48-3)45-19-15-43(16-20-45)25(2)47/h4-12,21-23,38H,13-20H2,1-3H3,(H2,37,39,40,41). The number of nitrogens with one attached hydrogen (secondary N) is 3. The lowest BCUT2D eigenvalue weighted by Crippen LogP contribution is -2.48. The second kappa shape index (κ2) is 14.7. The summed E-state index contributed by atoms with van der Waals surface area (Å²) in [5, 5.41) is 10.6. The van der Waals surface area contributed by atoms with Gasteiger partial charge in [0.1, 0.15) is 10.8 Å². The van der Waals surface area contributed by atoms with Gasteiger partial charge in [-0.25, -0.2) is 4.98 Å². The Kier molecular flexibility index (Phi) is 10.0. The maximum Gasteiger partial charge on any atom is 0.229 e. The molecule has 6 rings (SSSR count). The molecule has 0 spiro atoms. The van der Waals surface area contributed by atoms with Gasteiger partial charge < -0.3 is 40.3 Å². The van der Waals surface area contributed by atoms with Crippen LogP contribution in [0.25, 0.3) is 0 Å². The van der Waals surface area contributed by atoms with Crippen molar-refractivity contribution in [1.82, 2.24) is 19.8 Å². The highest BCUT2D eigenvalue weighted by Gasteiger charge is 2.22. The molecule has 2 aliphatic heterocycles. The molecule has 4 aromatic rings. The predicted octanol–water partition coefficient (Wildman–Crippen LogP) is 5.71. The lowest BCUT2D eigenvalue weighted by molar-refractivity contribution is -0.129. The van der Waals surface area contributed by atoms with Crippen LogP contribution < -0.4 is 30.5 Å². The number of piperazine rings is 2. The fourth-order valence-electron chi connectivity index (χ4n) is 5.92. The van der Waals surface area contributed by atoms with E-state index in [1.54, 1.807) is 27.2 Å². The van der Waals surface area contributed by atoms with E-state index in [0.29, 0.717) is 54.4 Å². The topological polar surface area (TPSA) is 118 Å². The zero-order chi connectivity index (χ0) is 33.6. The smallest absolute Gasteiger partial charge is 0.229 e. The largest absolute Gasteiger partial charge is 0.494 e. The van der Waals surface area contributed by atoms with Crippen molar-refractivity contribution in [3.8, 4) is 5.75 Å². The normalized spacial score (nSPS) is 14.8. The van der Waals surface area contributed by atoms with Crippen LogP contribution in [0.2, 0.25) is 5.02 Å². The number of rotatable bonds is 9. The number of ether oxygens (including phenoxy) is 1. The number of methoxy groups -OCH3 is 1. The summed E-state index contributed by atoms with van der Waals surface area (Å²) >= 11 is 6.62. The molecule has 2 saturated heterocycles. The summed E-state index contributed by atoms with van der Waals surface area (Å²) in [5.41, 5.74) is 5.34. The van der Waals surface area contributed by atoms with Crippen LogP contribution in [0.4, 0.5) is 45.9 Å². The van der Waals surface area contributed by atoms with Gasteiger partial charge in [-0.1, -0.05) is 29.8 Å². The number of anilines is 8. The Labute approximate surface area is 285 Å². The maximum atomic E-state index is 11.8. The van der Waals surface area contributed by atoms with Crippen molar-refractivity contribution in [3.05, 3.63) is 77.9 Å². The zero-order valence-electron chi connectivity index (χ0n) is 27.4. The average Bonchev–Trinajstić information content (AvgIpc) is 3.11. The van der Waals surface area contributed by atoms with Gasteiger partial charge in [0.15, 0.2) is 5.82 Å². The highest BCUT2D eigenvalue weighted by Crippen LogP contribution is 2.36. The molecule has 2 fully saturated rings. The number of benzene rings is 3. The number of aromatic nitrogens is 2. The van der Waals surface area contributed by atoms with Crippen LogP contribution in [-0.4, -0.2) is 91.0 Å². The Bertz CT molecular complexity index is 1760. The molecule has 0 bridgehead atoms. The Hall–Kier alpha value is -5.23. The number of amides is 2. The first kappa shape index (κ1) is 32.7. The highest BCUT2D eigenvalue weighted by atomic mass is 35.5. The summed E-state index contributed by atoms with van der Waals surface area (Å²) in [6.45, 7) is 9.00. The van der Waals surface area contributed by atoms with Gasteiger partial charge in [0, 0.05) is 89.3 Å². The first-order chi connectivity index (χ1) is 23.3. The zero-order valence-corrected chi connectivity index (χ0v) is 28.1. The van der Waals surface area contributed by atoms with Crippen LogP contribution in [0.1, 0.15) is 13.8 Å². The van der Waals surface area contributed by atoms with Crippen molar-refractivity contribution < 1.29 is 14.3 Å². The lowest BCUT2D eigenvalue weighted by atomic mass is 10.2. The number of hydrogen-bond donors (Lipinski definition) is 3. The van der Waals surface area contributed by atoms with Crippen molar-refractivity contribution >= 4 is 69.3 Å². The Morgan fingerprint density at radius 1 is 0.708 bits per heavy atom. The number of carbonyl (C=O) groups excluding carboxylic acids is 2. The summed E-state index contributed by atoms with van der Waals surface area (Å²) in [4.78, 5) is 41.0. The molecule has 13 heteroatoms. The lowest BCUT2D eigenvalue weighted by Gasteiger charge is -2.36. The van der Waals surface area contributed by atoms with Crippen molar-refractivity contribution in [3.63, 3.8) is 0 Å². The van der Waals surface area contributed by atoms with Gasteiger partial charge >= 0.3 is 0 Å². The fourth-order valence-corrected chi connectivity index (χ4v) is 6.06. The number of para-hydroxylation sites is 1. The van der Waals surface area contributed by atoms with Crippen LogP contribution in [-0.2, 0) is 9.59 Å². The van der Waals surface area contributed by atoms with E-state index < -0.39 is 0 Å². The third-order valence-electron chi connectivity index (χ3n) is 8.66. The summed E-state index contributed by atoms with van der Waals surface area (Å²) in [6.07, 6.45) is 1.56. The summed E-state index contributed by atoms with van der Waals surface area (Å²) in [6, 6.07) is 22.0. The van der Waals surface area contributed by atoms with Crippen molar-refractivity contribution in [1.29, 1.82) is 0 Å². The molecule has 2 aliphatic rings. The third-order valence-corrected chi connectivity index (χ3v) is 8.94. The number of carbonyl (C=O) groups is 2. The van der Waals surface area contributed by atoms with Crippen molar-refractivity contribution in [2.45, 2.75) is 13.8 Å². The monoisotopic (exact) mass is 669 g/mol. The van der Waals surface area contributed by atoms with Crippen LogP contribution in [0.15, 0.2) is 72.9 Å². The SMILES string of the molecule is COc1cc(N2CCN(C(C)=O)CC2)ccc1Nc1ncc(Cl)c(Nc2ccc(N3CCN(C(C)=O)CC3)cc2Nc2ccccc2)n1. The molecular formula is C35H40ClN9O3. The van der Waals surface area contributed by atoms with E-state index in [2.05, 4.69) is 42.9 Å². The molecule has 3 heterocycles. The van der Waals surface area contributed by atoms with Gasteiger partial charge in [-0.2, -0.15) is 4.98 Å². The fraction of sp³-hybridized carbons (Fsp3) is 0.314. The summed E-state index contributed by atoms with van der Waals surface area (Å²) < 4.78 is 5.73. The van der Waals surface area contributed by atoms with Gasteiger partial charge in [-0.05, 0) is 42.5 Å². The maximum absolute atomic E-state index is 11.8. The molecule has 0 aliphatic carbocycles. The van der Waals surface area contributed by atoms with E-state index in [9.17, 15) is 9.59 Å². The van der Waals surface area contributed by atoms with Crippen LogP contribution in [0.5, 0.6) is 5.75 Å². The Morgan fingerprint density at radius 2 is 1.29 bits per heavy atom. The Morgan fingerprint density at radius 3 is 1.88 bits per heavy atom. The summed E-state index contributed by atoms with van der Waals surface area (Å²) in [7, 11) is 1.63. The van der Waals surface area contributed by atoms with Crippen molar-refractivity contribution in [2.24, 2.45) is 0 Å². The molecular weight excluding hydrogens is 630 g/mol. The van der Waals surface area contributed by atoms with Gasteiger partial charge in [0.05, 0.1) is 30.4 Å². The molecule has 0 unspecified atom stereocenters. The minimum absolute atomic E-state index is 0.102. The molecule has 3 N–H and O–H groups in total. The molecule has 0 radical (unpaired) electrons. The van der Waals surface area contributed by atoms with Gasteiger partial charge in [-0.15, -0.1) is 0 Å². The molecule has 0 saturated carbocycles. The van der Waals surface area contributed by atoms with E-state index in [4.69, 9.17) is 21.3 Å². The van der Waals surface area contributed by atoms with Gasteiger partial charge in [0.25, 0.3) is 0 Å². The molecule has 1 aromatic heterocycles. The van der Waals surface area contributed by atoms with E-state index in [-0.39, 0.29) is 11.8 Å². The second-order valence-electron chi connectivity index (χ2n) is 11.7. The molecule has 48 heavy (non-hydrogen) atoms. The molecule has 12 nitrogen and oxygen atoms in total. The second-order valence-corrected chi connectivity index (χ2v) is 12.1. The third kappa shape index (κ3) is 7.66. The predicted molar refractivity (Wildman–Crippen MR) is 192 cm³/mol. The molecule has 2 amide bonds. The molecule has 0 atom stereocenters. The van der Waals surface area contributed by atoms with Crippen LogP contribution in [0.3, 0.4) is 0 Å². The number of hydrogen-bond acceptors (Lipinski definition) is 10.